The second kappa shape index (κ2) is 7.21. The van der Waals surface area contributed by atoms with Crippen LogP contribution in [0.3, 0.4) is 0 Å². The van der Waals surface area contributed by atoms with Crippen molar-refractivity contribution in [3.05, 3.63) is 29.3 Å². The number of guanidine groups is 2. The lowest BCUT2D eigenvalue weighted by molar-refractivity contribution is -0.156. The summed E-state index contributed by atoms with van der Waals surface area (Å²) in [5, 5.41) is 2.24. The molecule has 0 aromatic heterocycles. The molecule has 1 aromatic rings. The van der Waals surface area contributed by atoms with Gasteiger partial charge in [-0.25, -0.2) is 4.99 Å². The van der Waals surface area contributed by atoms with Crippen molar-refractivity contribution in [3.63, 3.8) is 0 Å². The second-order valence-corrected chi connectivity index (χ2v) is 6.82. The van der Waals surface area contributed by atoms with Crippen molar-refractivity contribution in [1.82, 2.24) is 5.06 Å². The molecule has 0 aliphatic carbocycles. The van der Waals surface area contributed by atoms with Crippen LogP contribution in [0, 0.1) is 0 Å². The van der Waals surface area contributed by atoms with E-state index in [1.54, 1.807) is 11.8 Å². The maximum atomic E-state index is 5.85. The first-order valence-corrected chi connectivity index (χ1v) is 8.26. The van der Waals surface area contributed by atoms with Gasteiger partial charge in [0.1, 0.15) is 0 Å². The molecule has 22 heavy (non-hydrogen) atoms. The maximum absolute atomic E-state index is 5.85. The van der Waals surface area contributed by atoms with Crippen LogP contribution in [0.2, 0.25) is 5.02 Å². The molecule has 120 valence electrons. The number of hydroxylamine groups is 2. The van der Waals surface area contributed by atoms with E-state index in [9.17, 15) is 0 Å². The highest BCUT2D eigenvalue weighted by molar-refractivity contribution is 7.99. The van der Waals surface area contributed by atoms with E-state index in [4.69, 9.17) is 27.9 Å². The predicted octanol–water partition coefficient (Wildman–Crippen LogP) is 2.43. The fraction of sp³-hybridized carbons (Fsp3) is 0.429. The Labute approximate surface area is 139 Å². The van der Waals surface area contributed by atoms with Crippen LogP contribution in [-0.2, 0) is 4.84 Å². The van der Waals surface area contributed by atoms with E-state index in [-0.39, 0.29) is 11.9 Å². The molecule has 0 fully saturated rings. The molecule has 1 aliphatic rings. The fourth-order valence-corrected chi connectivity index (χ4v) is 2.91. The summed E-state index contributed by atoms with van der Waals surface area (Å²) in [5.74, 6) is 1.32. The summed E-state index contributed by atoms with van der Waals surface area (Å²) < 4.78 is 0. The minimum atomic E-state index is -0.654. The molecule has 0 spiro atoms. The van der Waals surface area contributed by atoms with Crippen LogP contribution in [0.5, 0.6) is 0 Å². The third-order valence-corrected chi connectivity index (χ3v) is 4.26. The van der Waals surface area contributed by atoms with Crippen LogP contribution in [-0.4, -0.2) is 35.0 Å². The van der Waals surface area contributed by atoms with Crippen molar-refractivity contribution in [2.75, 3.05) is 12.4 Å². The SMILES string of the molecule is CC1(C)N=C(N)N=C(N)N1OCCCSc1ccc(Cl)cc1. The van der Waals surface area contributed by atoms with Crippen molar-refractivity contribution >= 4 is 35.3 Å². The van der Waals surface area contributed by atoms with Crippen molar-refractivity contribution in [3.8, 4) is 0 Å². The highest BCUT2D eigenvalue weighted by atomic mass is 35.5. The number of nitrogens with two attached hydrogens (primary N) is 2. The molecule has 0 amide bonds. The first-order valence-electron chi connectivity index (χ1n) is 6.89. The van der Waals surface area contributed by atoms with Crippen LogP contribution in [0.4, 0.5) is 0 Å². The zero-order chi connectivity index (χ0) is 16.2. The molecular formula is C14H20ClN5OS. The topological polar surface area (TPSA) is 89.2 Å². The number of rotatable bonds is 6. The molecule has 4 N–H and O–H groups in total. The number of benzene rings is 1. The monoisotopic (exact) mass is 341 g/mol. The van der Waals surface area contributed by atoms with E-state index in [1.165, 1.54) is 9.96 Å². The molecular weight excluding hydrogens is 322 g/mol. The molecule has 0 unspecified atom stereocenters. The molecule has 0 atom stereocenters. The molecule has 1 aromatic carbocycles. The molecule has 6 nitrogen and oxygen atoms in total. The number of thioether (sulfide) groups is 1. The molecule has 0 saturated heterocycles. The number of aliphatic imine (C=N–C) groups is 2. The Morgan fingerprint density at radius 2 is 1.95 bits per heavy atom. The van der Waals surface area contributed by atoms with Crippen LogP contribution in [0.15, 0.2) is 39.1 Å². The predicted molar refractivity (Wildman–Crippen MR) is 91.9 cm³/mol. The Kier molecular flexibility index (Phi) is 5.55. The van der Waals surface area contributed by atoms with E-state index in [2.05, 4.69) is 9.98 Å². The largest absolute Gasteiger partial charge is 0.368 e. The van der Waals surface area contributed by atoms with Crippen molar-refractivity contribution in [2.24, 2.45) is 21.5 Å². The van der Waals surface area contributed by atoms with Gasteiger partial charge in [0.05, 0.1) is 6.61 Å². The van der Waals surface area contributed by atoms with E-state index in [0.717, 1.165) is 17.2 Å². The molecule has 0 radical (unpaired) electrons. The average Bonchev–Trinajstić information content (AvgIpc) is 2.42. The standard InChI is InChI=1S/C14H20ClN5OS/c1-14(2)19-12(16)18-13(17)20(14)21-8-3-9-22-11-6-4-10(15)5-7-11/h4-7H,3,8-9H2,1-2H3,(H4,16,17,18,19). The van der Waals surface area contributed by atoms with E-state index >= 15 is 0 Å². The van der Waals surface area contributed by atoms with Gasteiger partial charge in [-0.3, -0.25) is 4.84 Å². The van der Waals surface area contributed by atoms with Crippen molar-refractivity contribution < 1.29 is 4.84 Å². The Hall–Kier alpha value is -1.44. The summed E-state index contributed by atoms with van der Waals surface area (Å²) in [7, 11) is 0. The van der Waals surface area contributed by atoms with Gasteiger partial charge in [0, 0.05) is 15.7 Å². The quantitative estimate of drug-likeness (QED) is 0.612. The highest BCUT2D eigenvalue weighted by Gasteiger charge is 2.32. The van der Waals surface area contributed by atoms with Gasteiger partial charge in [0.15, 0.2) is 5.66 Å². The van der Waals surface area contributed by atoms with Gasteiger partial charge in [-0.05, 0) is 44.5 Å². The van der Waals surface area contributed by atoms with Gasteiger partial charge in [-0.2, -0.15) is 10.1 Å². The summed E-state index contributed by atoms with van der Waals surface area (Å²) in [4.78, 5) is 15.0. The normalized spacial score (nSPS) is 17.1. The third kappa shape index (κ3) is 4.53. The van der Waals surface area contributed by atoms with Gasteiger partial charge in [0.2, 0.25) is 11.9 Å². The minimum absolute atomic E-state index is 0.167. The Morgan fingerprint density at radius 3 is 2.59 bits per heavy atom. The summed E-state index contributed by atoms with van der Waals surface area (Å²) >= 11 is 7.61. The van der Waals surface area contributed by atoms with E-state index in [0.29, 0.717) is 6.61 Å². The summed E-state index contributed by atoms with van der Waals surface area (Å²) in [5.41, 5.74) is 10.8. The maximum Gasteiger partial charge on any atom is 0.226 e. The minimum Gasteiger partial charge on any atom is -0.368 e. The van der Waals surface area contributed by atoms with E-state index in [1.807, 2.05) is 38.1 Å². The number of hydrogen-bond donors (Lipinski definition) is 2. The summed E-state index contributed by atoms with van der Waals surface area (Å²) in [6, 6.07) is 7.78. The van der Waals surface area contributed by atoms with Crippen LogP contribution in [0.1, 0.15) is 20.3 Å². The van der Waals surface area contributed by atoms with Crippen molar-refractivity contribution in [1.29, 1.82) is 0 Å². The first-order chi connectivity index (χ1) is 10.4. The van der Waals surface area contributed by atoms with Gasteiger partial charge >= 0.3 is 0 Å². The lowest BCUT2D eigenvalue weighted by Gasteiger charge is -2.36. The first kappa shape index (κ1) is 16.9. The van der Waals surface area contributed by atoms with Gasteiger partial charge in [-0.1, -0.05) is 11.6 Å². The number of hydrogen-bond acceptors (Lipinski definition) is 7. The van der Waals surface area contributed by atoms with Gasteiger partial charge < -0.3 is 11.5 Å². The van der Waals surface area contributed by atoms with Crippen molar-refractivity contribution in [2.45, 2.75) is 30.8 Å². The third-order valence-electron chi connectivity index (χ3n) is 2.91. The van der Waals surface area contributed by atoms with Crippen LogP contribution < -0.4 is 11.5 Å². The molecule has 0 bridgehead atoms. The highest BCUT2D eigenvalue weighted by Crippen LogP contribution is 2.22. The smallest absolute Gasteiger partial charge is 0.226 e. The number of nitrogens with zero attached hydrogens (tertiary/aromatic N) is 3. The molecule has 2 rings (SSSR count). The zero-order valence-corrected chi connectivity index (χ0v) is 14.2. The Bertz CT molecular complexity index is 573. The lowest BCUT2D eigenvalue weighted by atomic mass is 10.2. The average molecular weight is 342 g/mol. The molecule has 0 saturated carbocycles. The summed E-state index contributed by atoms with van der Waals surface area (Å²) in [6.45, 7) is 4.25. The number of halogens is 1. The molecule has 1 aliphatic heterocycles. The fourth-order valence-electron chi connectivity index (χ4n) is 1.95. The lowest BCUT2D eigenvalue weighted by Crippen LogP contribution is -2.53. The van der Waals surface area contributed by atoms with E-state index < -0.39 is 5.66 Å². The van der Waals surface area contributed by atoms with Gasteiger partial charge in [-0.15, -0.1) is 11.8 Å². The van der Waals surface area contributed by atoms with Crippen LogP contribution in [0.25, 0.3) is 0 Å². The van der Waals surface area contributed by atoms with Gasteiger partial charge in [0.25, 0.3) is 0 Å². The summed E-state index contributed by atoms with van der Waals surface area (Å²) in [6.07, 6.45) is 0.867. The molecule has 8 heteroatoms. The Morgan fingerprint density at radius 1 is 1.27 bits per heavy atom. The van der Waals surface area contributed by atoms with Crippen LogP contribution >= 0.6 is 23.4 Å². The zero-order valence-electron chi connectivity index (χ0n) is 12.6. The second-order valence-electron chi connectivity index (χ2n) is 5.22. The molecule has 1 heterocycles. The Balaban J connectivity index is 1.75.